The van der Waals surface area contributed by atoms with Crippen LogP contribution in [0.25, 0.3) is 0 Å². The van der Waals surface area contributed by atoms with E-state index in [1.807, 2.05) is 6.20 Å². The maximum absolute atomic E-state index is 5.95. The first-order valence-electron chi connectivity index (χ1n) is 7.35. The van der Waals surface area contributed by atoms with Gasteiger partial charge in [-0.1, -0.05) is 20.8 Å². The summed E-state index contributed by atoms with van der Waals surface area (Å²) in [6, 6.07) is 0.597. The van der Waals surface area contributed by atoms with Crippen molar-refractivity contribution in [1.29, 1.82) is 0 Å². The third-order valence-corrected chi connectivity index (χ3v) is 5.86. The summed E-state index contributed by atoms with van der Waals surface area (Å²) in [5.41, 5.74) is 0.272. The second-order valence-electron chi connectivity index (χ2n) is 6.58. The Morgan fingerprint density at radius 1 is 1.58 bits per heavy atom. The average molecular weight is 280 g/mol. The minimum Gasteiger partial charge on any atom is -0.377 e. The van der Waals surface area contributed by atoms with E-state index >= 15 is 0 Å². The Labute approximate surface area is 119 Å². The Morgan fingerprint density at radius 2 is 2.42 bits per heavy atom. The van der Waals surface area contributed by atoms with Gasteiger partial charge in [-0.2, -0.15) is 0 Å². The number of ether oxygens (including phenoxy) is 1. The second kappa shape index (κ2) is 5.15. The van der Waals surface area contributed by atoms with Gasteiger partial charge in [-0.15, -0.1) is 11.3 Å². The summed E-state index contributed by atoms with van der Waals surface area (Å²) < 4.78 is 5.95. The van der Waals surface area contributed by atoms with E-state index in [-0.39, 0.29) is 5.41 Å². The number of thiazole rings is 1. The van der Waals surface area contributed by atoms with Crippen LogP contribution in [0.2, 0.25) is 0 Å². The number of rotatable bonds is 4. The Balaban J connectivity index is 1.58. The summed E-state index contributed by atoms with van der Waals surface area (Å²) in [6.45, 7) is 8.90. The molecule has 0 radical (unpaired) electrons. The van der Waals surface area contributed by atoms with Crippen molar-refractivity contribution >= 4 is 11.3 Å². The summed E-state index contributed by atoms with van der Waals surface area (Å²) >= 11 is 1.76. The van der Waals surface area contributed by atoms with Crippen LogP contribution in [-0.4, -0.2) is 30.3 Å². The molecule has 2 aliphatic rings. The van der Waals surface area contributed by atoms with Crippen molar-refractivity contribution in [1.82, 2.24) is 10.3 Å². The molecule has 2 fully saturated rings. The molecular weight excluding hydrogens is 256 g/mol. The zero-order valence-corrected chi connectivity index (χ0v) is 12.9. The lowest BCUT2D eigenvalue weighted by molar-refractivity contribution is -0.192. The maximum Gasteiger partial charge on any atom is 0.0965 e. The van der Waals surface area contributed by atoms with Gasteiger partial charge >= 0.3 is 0 Å². The van der Waals surface area contributed by atoms with Crippen LogP contribution in [0.1, 0.15) is 44.5 Å². The van der Waals surface area contributed by atoms with Crippen LogP contribution in [0.4, 0.5) is 0 Å². The van der Waals surface area contributed by atoms with Gasteiger partial charge < -0.3 is 10.1 Å². The molecule has 0 spiro atoms. The zero-order chi connectivity index (χ0) is 13.5. The van der Waals surface area contributed by atoms with E-state index in [1.54, 1.807) is 11.3 Å². The normalized spacial score (nSPS) is 34.4. The largest absolute Gasteiger partial charge is 0.377 e. The Bertz CT molecular complexity index is 418. The van der Waals surface area contributed by atoms with Crippen molar-refractivity contribution in [3.63, 3.8) is 0 Å². The zero-order valence-electron chi connectivity index (χ0n) is 12.1. The van der Waals surface area contributed by atoms with E-state index in [9.17, 15) is 0 Å². The predicted octanol–water partition coefficient (Wildman–Crippen LogP) is 3.04. The van der Waals surface area contributed by atoms with E-state index in [2.05, 4.69) is 36.5 Å². The van der Waals surface area contributed by atoms with Crippen LogP contribution in [0.5, 0.6) is 0 Å². The lowest BCUT2D eigenvalue weighted by atomic mass is 9.55. The van der Waals surface area contributed by atoms with Crippen LogP contribution in [0.3, 0.4) is 0 Å². The first-order chi connectivity index (χ1) is 9.10. The molecule has 1 aromatic rings. The quantitative estimate of drug-likeness (QED) is 0.920. The Morgan fingerprint density at radius 3 is 3.16 bits per heavy atom. The SMILES string of the molecule is CC(CNC1C2CCCOC2C1(C)C)c1nccs1. The summed E-state index contributed by atoms with van der Waals surface area (Å²) in [7, 11) is 0. The molecule has 3 nitrogen and oxygen atoms in total. The molecule has 106 valence electrons. The standard InChI is InChI=1S/C15H24N2OS/c1-10(14-16-6-8-19-14)9-17-12-11-5-4-7-18-13(11)15(12,2)3/h6,8,10-13,17H,4-5,7,9H2,1-3H3. The lowest BCUT2D eigenvalue weighted by Gasteiger charge is -2.60. The highest BCUT2D eigenvalue weighted by Gasteiger charge is 2.57. The molecule has 0 aromatic carbocycles. The monoisotopic (exact) mass is 280 g/mol. The highest BCUT2D eigenvalue weighted by molar-refractivity contribution is 7.09. The molecule has 0 amide bonds. The summed E-state index contributed by atoms with van der Waals surface area (Å²) in [6.07, 6.45) is 4.90. The van der Waals surface area contributed by atoms with E-state index in [1.165, 1.54) is 17.8 Å². The number of fused-ring (bicyclic) bond motifs is 1. The topological polar surface area (TPSA) is 34.1 Å². The van der Waals surface area contributed by atoms with Crippen molar-refractivity contribution in [2.75, 3.05) is 13.2 Å². The van der Waals surface area contributed by atoms with Crippen molar-refractivity contribution in [2.24, 2.45) is 11.3 Å². The third-order valence-electron chi connectivity index (χ3n) is 4.85. The van der Waals surface area contributed by atoms with Gasteiger partial charge in [0.05, 0.1) is 11.1 Å². The number of nitrogens with zero attached hydrogens (tertiary/aromatic N) is 1. The molecule has 1 aromatic heterocycles. The van der Waals surface area contributed by atoms with Crippen LogP contribution < -0.4 is 5.32 Å². The minimum absolute atomic E-state index is 0.272. The fourth-order valence-corrected chi connectivity index (χ4v) is 4.50. The average Bonchev–Trinajstić information content (AvgIpc) is 2.92. The number of nitrogens with one attached hydrogen (secondary N) is 1. The fraction of sp³-hybridized carbons (Fsp3) is 0.800. The van der Waals surface area contributed by atoms with Crippen molar-refractivity contribution < 1.29 is 4.74 Å². The Kier molecular flexibility index (Phi) is 3.67. The summed E-state index contributed by atoms with van der Waals surface area (Å²) in [4.78, 5) is 4.41. The predicted molar refractivity (Wildman–Crippen MR) is 78.6 cm³/mol. The molecule has 4 atom stereocenters. The van der Waals surface area contributed by atoms with Crippen LogP contribution in [0.15, 0.2) is 11.6 Å². The van der Waals surface area contributed by atoms with Crippen LogP contribution in [0, 0.1) is 11.3 Å². The fourth-order valence-electron chi connectivity index (χ4n) is 3.81. The third kappa shape index (κ3) is 2.34. The number of aromatic nitrogens is 1. The Hall–Kier alpha value is -0.450. The smallest absolute Gasteiger partial charge is 0.0965 e. The van der Waals surface area contributed by atoms with E-state index in [0.717, 1.165) is 13.2 Å². The van der Waals surface area contributed by atoms with Crippen molar-refractivity contribution in [3.05, 3.63) is 16.6 Å². The number of hydrogen-bond acceptors (Lipinski definition) is 4. The van der Waals surface area contributed by atoms with Gasteiger partial charge in [0.2, 0.25) is 0 Å². The van der Waals surface area contributed by atoms with Gasteiger partial charge in [0, 0.05) is 48.0 Å². The van der Waals surface area contributed by atoms with Gasteiger partial charge in [-0.25, -0.2) is 4.98 Å². The molecule has 19 heavy (non-hydrogen) atoms. The molecule has 1 saturated carbocycles. The minimum atomic E-state index is 0.272. The molecular formula is C15H24N2OS. The molecule has 4 heteroatoms. The molecule has 1 aliphatic heterocycles. The molecule has 3 rings (SSSR count). The number of hydrogen-bond donors (Lipinski definition) is 1. The van der Waals surface area contributed by atoms with Crippen molar-refractivity contribution in [3.8, 4) is 0 Å². The first-order valence-corrected chi connectivity index (χ1v) is 8.23. The highest BCUT2D eigenvalue weighted by atomic mass is 32.1. The lowest BCUT2D eigenvalue weighted by Crippen LogP contribution is -2.69. The second-order valence-corrected chi connectivity index (χ2v) is 7.50. The molecule has 4 unspecified atom stereocenters. The van der Waals surface area contributed by atoms with Gasteiger partial charge in [-0.05, 0) is 12.8 Å². The summed E-state index contributed by atoms with van der Waals surface area (Å²) in [5.74, 6) is 1.21. The molecule has 2 heterocycles. The summed E-state index contributed by atoms with van der Waals surface area (Å²) in [5, 5.41) is 7.08. The maximum atomic E-state index is 5.95. The van der Waals surface area contributed by atoms with Gasteiger partial charge in [0.1, 0.15) is 0 Å². The van der Waals surface area contributed by atoms with Gasteiger partial charge in [0.15, 0.2) is 0 Å². The molecule has 0 bridgehead atoms. The van der Waals surface area contributed by atoms with E-state index in [4.69, 9.17) is 4.74 Å². The van der Waals surface area contributed by atoms with Crippen LogP contribution in [-0.2, 0) is 4.74 Å². The van der Waals surface area contributed by atoms with E-state index in [0.29, 0.717) is 24.0 Å². The molecule has 1 aliphatic carbocycles. The molecule has 1 N–H and O–H groups in total. The van der Waals surface area contributed by atoms with E-state index < -0.39 is 0 Å². The van der Waals surface area contributed by atoms with Crippen molar-refractivity contribution in [2.45, 2.75) is 51.7 Å². The van der Waals surface area contributed by atoms with Crippen LogP contribution >= 0.6 is 11.3 Å². The first kappa shape index (κ1) is 13.5. The van der Waals surface area contributed by atoms with Gasteiger partial charge in [-0.3, -0.25) is 0 Å². The van der Waals surface area contributed by atoms with Gasteiger partial charge in [0.25, 0.3) is 0 Å². The highest BCUT2D eigenvalue weighted by Crippen LogP contribution is 2.51. The molecule has 1 saturated heterocycles.